The molecule has 144 valence electrons. The number of amides is 1. The van der Waals surface area contributed by atoms with Crippen LogP contribution in [0.4, 0.5) is 4.79 Å². The highest BCUT2D eigenvalue weighted by Gasteiger charge is 2.28. The fraction of sp³-hybridized carbons (Fsp3) is 0.130. The van der Waals surface area contributed by atoms with E-state index in [4.69, 9.17) is 27.9 Å². The number of hydrogen-bond donors (Lipinski definition) is 1. The van der Waals surface area contributed by atoms with Crippen LogP contribution in [-0.4, -0.2) is 24.2 Å². The third kappa shape index (κ3) is 4.22. The van der Waals surface area contributed by atoms with Crippen LogP contribution in [0.25, 0.3) is 11.1 Å². The third-order valence-electron chi connectivity index (χ3n) is 4.70. The lowest BCUT2D eigenvalue weighted by molar-refractivity contribution is 0.144. The molecular formula is C23H16Cl2N2O2. The minimum absolute atomic E-state index is 0.0261. The minimum Gasteiger partial charge on any atom is -0.449 e. The van der Waals surface area contributed by atoms with Crippen molar-refractivity contribution in [1.82, 2.24) is 10.3 Å². The number of halogens is 2. The first-order valence-electron chi connectivity index (χ1n) is 9.03. The summed E-state index contributed by atoms with van der Waals surface area (Å²) < 4.78 is 5.46. The maximum atomic E-state index is 12.1. The molecule has 0 unspecified atom stereocenters. The number of rotatable bonds is 3. The molecule has 1 heterocycles. The third-order valence-corrected chi connectivity index (χ3v) is 5.20. The Bertz CT molecular complexity index is 1090. The van der Waals surface area contributed by atoms with Crippen LogP contribution in [0.2, 0.25) is 10.3 Å². The molecule has 6 heteroatoms. The predicted octanol–water partition coefficient (Wildman–Crippen LogP) is 5.28. The standard InChI is InChI=1S/C23H16Cl2N2O2/c24-21-12-11-15(22(25)27-21)6-5-13-26-23(28)29-14-20-18-9-3-1-7-16(18)17-8-2-4-10-19(17)20/h1-4,7-12,20H,13-14H2,(H,26,28). The van der Waals surface area contributed by atoms with E-state index in [0.717, 1.165) is 0 Å². The van der Waals surface area contributed by atoms with Crippen molar-refractivity contribution in [3.63, 3.8) is 0 Å². The summed E-state index contributed by atoms with van der Waals surface area (Å²) in [5, 5.41) is 3.16. The quantitative estimate of drug-likeness (QED) is 0.461. The van der Waals surface area contributed by atoms with Gasteiger partial charge in [0.05, 0.1) is 12.1 Å². The number of aromatic nitrogens is 1. The van der Waals surface area contributed by atoms with Gasteiger partial charge in [0.1, 0.15) is 16.9 Å². The molecule has 1 aliphatic rings. The fourth-order valence-corrected chi connectivity index (χ4v) is 3.80. The van der Waals surface area contributed by atoms with Crippen molar-refractivity contribution in [2.75, 3.05) is 13.2 Å². The van der Waals surface area contributed by atoms with Crippen molar-refractivity contribution in [3.05, 3.63) is 87.7 Å². The number of ether oxygens (including phenoxy) is 1. The Morgan fingerprint density at radius 2 is 1.66 bits per heavy atom. The van der Waals surface area contributed by atoms with Crippen LogP contribution < -0.4 is 5.32 Å². The topological polar surface area (TPSA) is 51.2 Å². The van der Waals surface area contributed by atoms with Gasteiger partial charge in [-0.25, -0.2) is 9.78 Å². The Labute approximate surface area is 178 Å². The summed E-state index contributed by atoms with van der Waals surface area (Å²) in [6, 6.07) is 19.7. The van der Waals surface area contributed by atoms with Crippen molar-refractivity contribution in [3.8, 4) is 23.0 Å². The average molecular weight is 423 g/mol. The second kappa shape index (κ2) is 8.57. The Morgan fingerprint density at radius 1 is 1.00 bits per heavy atom. The highest BCUT2D eigenvalue weighted by atomic mass is 35.5. The van der Waals surface area contributed by atoms with Crippen molar-refractivity contribution in [1.29, 1.82) is 0 Å². The number of pyridine rings is 1. The molecule has 0 radical (unpaired) electrons. The van der Waals surface area contributed by atoms with E-state index in [1.807, 2.05) is 24.3 Å². The molecule has 3 aromatic rings. The molecule has 1 aromatic heterocycles. The van der Waals surface area contributed by atoms with E-state index in [1.54, 1.807) is 12.1 Å². The van der Waals surface area contributed by atoms with Crippen molar-refractivity contribution < 1.29 is 9.53 Å². The van der Waals surface area contributed by atoms with Gasteiger partial charge in [-0.05, 0) is 34.4 Å². The Kier molecular flexibility index (Phi) is 5.71. The van der Waals surface area contributed by atoms with Crippen LogP contribution in [0.3, 0.4) is 0 Å². The van der Waals surface area contributed by atoms with E-state index in [2.05, 4.69) is 46.4 Å². The second-order valence-corrected chi connectivity index (χ2v) is 7.20. The summed E-state index contributed by atoms with van der Waals surface area (Å²) >= 11 is 11.7. The molecule has 29 heavy (non-hydrogen) atoms. The smallest absolute Gasteiger partial charge is 0.407 e. The zero-order valence-electron chi connectivity index (χ0n) is 15.3. The number of nitrogens with one attached hydrogen (secondary N) is 1. The summed E-state index contributed by atoms with van der Waals surface area (Å²) in [5.74, 6) is 5.69. The van der Waals surface area contributed by atoms with E-state index >= 15 is 0 Å². The number of carbonyl (C=O) groups is 1. The number of carbonyl (C=O) groups excluding carboxylic acids is 1. The molecule has 1 N–H and O–H groups in total. The molecule has 0 saturated carbocycles. The van der Waals surface area contributed by atoms with Crippen LogP contribution in [0.1, 0.15) is 22.6 Å². The summed E-state index contributed by atoms with van der Waals surface area (Å²) in [4.78, 5) is 16.0. The number of nitrogens with zero attached hydrogens (tertiary/aromatic N) is 1. The van der Waals surface area contributed by atoms with Crippen LogP contribution >= 0.6 is 23.2 Å². The molecule has 1 aliphatic carbocycles. The van der Waals surface area contributed by atoms with Gasteiger partial charge >= 0.3 is 6.09 Å². The number of hydrogen-bond acceptors (Lipinski definition) is 3. The summed E-state index contributed by atoms with van der Waals surface area (Å²) in [5.41, 5.74) is 5.27. The average Bonchev–Trinajstić information content (AvgIpc) is 3.05. The number of alkyl carbamates (subject to hydrolysis) is 1. The van der Waals surface area contributed by atoms with Gasteiger partial charge in [-0.2, -0.15) is 0 Å². The minimum atomic E-state index is -0.513. The molecule has 0 atom stereocenters. The van der Waals surface area contributed by atoms with E-state index in [9.17, 15) is 4.79 Å². The van der Waals surface area contributed by atoms with Gasteiger partial charge in [0.25, 0.3) is 0 Å². The first kappa shape index (κ1) is 19.3. The van der Waals surface area contributed by atoms with Crippen LogP contribution in [0.15, 0.2) is 60.7 Å². The largest absolute Gasteiger partial charge is 0.449 e. The van der Waals surface area contributed by atoms with Gasteiger partial charge in [0.2, 0.25) is 0 Å². The molecule has 4 nitrogen and oxygen atoms in total. The van der Waals surface area contributed by atoms with Gasteiger partial charge in [0, 0.05) is 5.92 Å². The number of fused-ring (bicyclic) bond motifs is 3. The Morgan fingerprint density at radius 3 is 2.31 bits per heavy atom. The number of benzene rings is 2. The van der Waals surface area contributed by atoms with Crippen LogP contribution in [0, 0.1) is 11.8 Å². The van der Waals surface area contributed by atoms with E-state index < -0.39 is 6.09 Å². The van der Waals surface area contributed by atoms with Crippen molar-refractivity contribution >= 4 is 29.3 Å². The second-order valence-electron chi connectivity index (χ2n) is 6.45. The molecule has 0 aliphatic heterocycles. The van der Waals surface area contributed by atoms with Gasteiger partial charge in [-0.15, -0.1) is 0 Å². The maximum Gasteiger partial charge on any atom is 0.407 e. The van der Waals surface area contributed by atoms with Crippen molar-refractivity contribution in [2.45, 2.75) is 5.92 Å². The molecule has 1 amide bonds. The maximum absolute atomic E-state index is 12.1. The molecule has 0 saturated heterocycles. The van der Waals surface area contributed by atoms with Crippen molar-refractivity contribution in [2.24, 2.45) is 0 Å². The predicted molar refractivity (Wildman–Crippen MR) is 114 cm³/mol. The highest BCUT2D eigenvalue weighted by Crippen LogP contribution is 2.44. The fourth-order valence-electron chi connectivity index (χ4n) is 3.41. The molecule has 0 fully saturated rings. The molecule has 0 spiro atoms. The van der Waals surface area contributed by atoms with Crippen LogP contribution in [-0.2, 0) is 4.74 Å². The van der Waals surface area contributed by atoms with Crippen LogP contribution in [0.5, 0.6) is 0 Å². The zero-order valence-corrected chi connectivity index (χ0v) is 16.8. The zero-order chi connectivity index (χ0) is 20.2. The lowest BCUT2D eigenvalue weighted by atomic mass is 9.98. The normalized spacial score (nSPS) is 11.8. The molecular weight excluding hydrogens is 407 g/mol. The highest BCUT2D eigenvalue weighted by molar-refractivity contribution is 6.33. The van der Waals surface area contributed by atoms with Gasteiger partial charge in [-0.3, -0.25) is 0 Å². The first-order valence-corrected chi connectivity index (χ1v) is 9.79. The molecule has 0 bridgehead atoms. The lowest BCUT2D eigenvalue weighted by Gasteiger charge is -2.14. The van der Waals surface area contributed by atoms with Gasteiger partial charge in [-0.1, -0.05) is 83.6 Å². The summed E-state index contributed by atoms with van der Waals surface area (Å²) in [7, 11) is 0. The lowest BCUT2D eigenvalue weighted by Crippen LogP contribution is -2.26. The monoisotopic (exact) mass is 422 g/mol. The van der Waals surface area contributed by atoms with Gasteiger partial charge < -0.3 is 10.1 Å². The van der Waals surface area contributed by atoms with Gasteiger partial charge in [0.15, 0.2) is 0 Å². The summed E-state index contributed by atoms with van der Waals surface area (Å²) in [6.45, 7) is 0.399. The van der Waals surface area contributed by atoms with E-state index in [-0.39, 0.29) is 24.2 Å². The Balaban J connectivity index is 1.35. The van der Waals surface area contributed by atoms with E-state index in [0.29, 0.717) is 10.7 Å². The Hall–Kier alpha value is -3.00. The van der Waals surface area contributed by atoms with E-state index in [1.165, 1.54) is 22.3 Å². The first-order chi connectivity index (χ1) is 14.1. The SMILES string of the molecule is O=C(NCC#Cc1ccc(Cl)nc1Cl)OCC1c2ccccc2-c2ccccc21. The molecule has 2 aromatic carbocycles. The molecule has 4 rings (SSSR count). The summed E-state index contributed by atoms with van der Waals surface area (Å²) in [6.07, 6.45) is -0.513.